The van der Waals surface area contributed by atoms with Gasteiger partial charge in [0, 0.05) is 12.6 Å². The van der Waals surface area contributed by atoms with Gasteiger partial charge < -0.3 is 11.1 Å². The van der Waals surface area contributed by atoms with Crippen LogP contribution in [0.25, 0.3) is 0 Å². The highest BCUT2D eigenvalue weighted by atomic mass is 35.5. The van der Waals surface area contributed by atoms with E-state index in [9.17, 15) is 4.79 Å². The molecule has 0 spiro atoms. The first-order chi connectivity index (χ1) is 7.61. The van der Waals surface area contributed by atoms with E-state index in [4.69, 9.17) is 5.73 Å². The van der Waals surface area contributed by atoms with Gasteiger partial charge in [-0.1, -0.05) is 13.8 Å². The van der Waals surface area contributed by atoms with E-state index < -0.39 is 0 Å². The lowest BCUT2D eigenvalue weighted by Gasteiger charge is -2.18. The Morgan fingerprint density at radius 1 is 1.53 bits per heavy atom. The molecule has 5 heteroatoms. The fourth-order valence-corrected chi connectivity index (χ4v) is 2.31. The van der Waals surface area contributed by atoms with Crippen LogP contribution in [0.3, 0.4) is 0 Å². The van der Waals surface area contributed by atoms with Crippen LogP contribution in [0, 0.1) is 5.92 Å². The molecule has 1 unspecified atom stereocenters. The molecule has 0 aromatic carbocycles. The summed E-state index contributed by atoms with van der Waals surface area (Å²) in [4.78, 5) is 11.7. The Morgan fingerprint density at radius 2 is 2.24 bits per heavy atom. The molecule has 0 saturated carbocycles. The average Bonchev–Trinajstić information content (AvgIpc) is 2.68. The predicted octanol–water partition coefficient (Wildman–Crippen LogP) is 2.20. The van der Waals surface area contributed by atoms with E-state index in [1.807, 2.05) is 16.8 Å². The third kappa shape index (κ3) is 6.66. The third-order valence-electron chi connectivity index (χ3n) is 2.35. The highest BCUT2D eigenvalue weighted by Gasteiger charge is 2.12. The van der Waals surface area contributed by atoms with Crippen LogP contribution in [-0.2, 0) is 11.2 Å². The summed E-state index contributed by atoms with van der Waals surface area (Å²) in [5.74, 6) is 0.615. The smallest absolute Gasteiger partial charge is 0.224 e. The number of rotatable bonds is 6. The number of carbonyl (C=O) groups is 1. The number of halogens is 1. The van der Waals surface area contributed by atoms with Crippen LogP contribution in [0.4, 0.5) is 0 Å². The molecule has 0 radical (unpaired) electrons. The molecule has 0 aliphatic carbocycles. The van der Waals surface area contributed by atoms with E-state index >= 15 is 0 Å². The Labute approximate surface area is 113 Å². The molecule has 98 valence electrons. The molecular formula is C12H21ClN2OS. The van der Waals surface area contributed by atoms with E-state index in [2.05, 4.69) is 19.2 Å². The quantitative estimate of drug-likeness (QED) is 0.837. The molecule has 0 saturated heterocycles. The maximum Gasteiger partial charge on any atom is 0.224 e. The molecule has 3 nitrogen and oxygen atoms in total. The number of thiophene rings is 1. The zero-order valence-corrected chi connectivity index (χ0v) is 11.9. The molecule has 1 aromatic heterocycles. The first-order valence-electron chi connectivity index (χ1n) is 5.62. The van der Waals surface area contributed by atoms with Crippen molar-refractivity contribution < 1.29 is 4.79 Å². The maximum atomic E-state index is 11.7. The van der Waals surface area contributed by atoms with Gasteiger partial charge in [0.15, 0.2) is 0 Å². The van der Waals surface area contributed by atoms with Crippen molar-refractivity contribution in [1.82, 2.24) is 5.32 Å². The van der Waals surface area contributed by atoms with Crippen molar-refractivity contribution in [3.63, 3.8) is 0 Å². The maximum absolute atomic E-state index is 11.7. The third-order valence-corrected chi connectivity index (χ3v) is 3.08. The zero-order chi connectivity index (χ0) is 12.0. The zero-order valence-electron chi connectivity index (χ0n) is 10.3. The highest BCUT2D eigenvalue weighted by Crippen LogP contribution is 2.07. The molecular weight excluding hydrogens is 256 g/mol. The van der Waals surface area contributed by atoms with Gasteiger partial charge in [0.2, 0.25) is 5.91 Å². The van der Waals surface area contributed by atoms with Gasteiger partial charge in [0.25, 0.3) is 0 Å². The topological polar surface area (TPSA) is 55.1 Å². The number of nitrogens with two attached hydrogens (primary N) is 1. The van der Waals surface area contributed by atoms with Gasteiger partial charge in [-0.2, -0.15) is 11.3 Å². The molecule has 1 rings (SSSR count). The lowest BCUT2D eigenvalue weighted by atomic mass is 10.0. The lowest BCUT2D eigenvalue weighted by Crippen LogP contribution is -2.41. The van der Waals surface area contributed by atoms with E-state index in [1.165, 1.54) is 0 Å². The highest BCUT2D eigenvalue weighted by molar-refractivity contribution is 7.07. The second-order valence-electron chi connectivity index (χ2n) is 4.44. The Kier molecular flexibility index (Phi) is 8.21. The van der Waals surface area contributed by atoms with Crippen molar-refractivity contribution in [3.05, 3.63) is 22.4 Å². The molecule has 0 fully saturated rings. The minimum atomic E-state index is 0. The van der Waals surface area contributed by atoms with E-state index in [1.54, 1.807) is 11.3 Å². The standard InChI is InChI=1S/C12H20N2OS.ClH/c1-9(2)5-11(7-13)14-12(15)6-10-3-4-16-8-10;/h3-4,8-9,11H,5-7,13H2,1-2H3,(H,14,15);1H. The monoisotopic (exact) mass is 276 g/mol. The Morgan fingerprint density at radius 3 is 2.71 bits per heavy atom. The largest absolute Gasteiger partial charge is 0.352 e. The van der Waals surface area contributed by atoms with Gasteiger partial charge in [-0.05, 0) is 34.7 Å². The van der Waals surface area contributed by atoms with Crippen LogP contribution in [0.2, 0.25) is 0 Å². The molecule has 0 bridgehead atoms. The molecule has 1 heterocycles. The molecule has 0 aliphatic rings. The van der Waals surface area contributed by atoms with Crippen LogP contribution in [0.15, 0.2) is 16.8 Å². The van der Waals surface area contributed by atoms with Crippen LogP contribution in [-0.4, -0.2) is 18.5 Å². The summed E-state index contributed by atoms with van der Waals surface area (Å²) in [6.07, 6.45) is 1.39. The normalized spacial score (nSPS) is 12.0. The minimum Gasteiger partial charge on any atom is -0.352 e. The summed E-state index contributed by atoms with van der Waals surface area (Å²) in [6, 6.07) is 2.08. The number of nitrogens with one attached hydrogen (secondary N) is 1. The fourth-order valence-electron chi connectivity index (χ4n) is 1.64. The van der Waals surface area contributed by atoms with Crippen molar-refractivity contribution in [3.8, 4) is 0 Å². The summed E-state index contributed by atoms with van der Waals surface area (Å²) in [5, 5.41) is 6.96. The number of hydrogen-bond donors (Lipinski definition) is 2. The van der Waals surface area contributed by atoms with Gasteiger partial charge in [0.1, 0.15) is 0 Å². The predicted molar refractivity (Wildman–Crippen MR) is 75.7 cm³/mol. The van der Waals surface area contributed by atoms with Crippen molar-refractivity contribution in [2.45, 2.75) is 32.7 Å². The van der Waals surface area contributed by atoms with Gasteiger partial charge in [-0.3, -0.25) is 4.79 Å². The molecule has 1 atom stereocenters. The van der Waals surface area contributed by atoms with Gasteiger partial charge in [-0.25, -0.2) is 0 Å². The summed E-state index contributed by atoms with van der Waals surface area (Å²) >= 11 is 1.61. The van der Waals surface area contributed by atoms with Crippen molar-refractivity contribution in [2.75, 3.05) is 6.54 Å². The summed E-state index contributed by atoms with van der Waals surface area (Å²) < 4.78 is 0. The van der Waals surface area contributed by atoms with Crippen LogP contribution in [0.5, 0.6) is 0 Å². The Hall–Kier alpha value is -0.580. The van der Waals surface area contributed by atoms with Crippen LogP contribution < -0.4 is 11.1 Å². The van der Waals surface area contributed by atoms with Crippen molar-refractivity contribution in [1.29, 1.82) is 0 Å². The summed E-state index contributed by atoms with van der Waals surface area (Å²) in [5.41, 5.74) is 6.70. The average molecular weight is 277 g/mol. The molecule has 1 amide bonds. The first-order valence-corrected chi connectivity index (χ1v) is 6.56. The SMILES string of the molecule is CC(C)CC(CN)NC(=O)Cc1ccsc1.Cl. The second kappa shape index (κ2) is 8.50. The number of carbonyl (C=O) groups excluding carboxylic acids is 1. The van der Waals surface area contributed by atoms with E-state index in [-0.39, 0.29) is 24.4 Å². The molecule has 3 N–H and O–H groups in total. The summed E-state index contributed by atoms with van der Waals surface area (Å²) in [7, 11) is 0. The molecule has 1 aromatic rings. The van der Waals surface area contributed by atoms with Crippen LogP contribution >= 0.6 is 23.7 Å². The Bertz CT molecular complexity index is 314. The van der Waals surface area contributed by atoms with Gasteiger partial charge >= 0.3 is 0 Å². The van der Waals surface area contributed by atoms with Crippen LogP contribution in [0.1, 0.15) is 25.8 Å². The first kappa shape index (κ1) is 16.4. The Balaban J connectivity index is 0.00000256. The van der Waals surface area contributed by atoms with E-state index in [0.717, 1.165) is 12.0 Å². The summed E-state index contributed by atoms with van der Waals surface area (Å²) in [6.45, 7) is 4.77. The number of hydrogen-bond acceptors (Lipinski definition) is 3. The lowest BCUT2D eigenvalue weighted by molar-refractivity contribution is -0.121. The van der Waals surface area contributed by atoms with Crippen molar-refractivity contribution >= 4 is 29.7 Å². The minimum absolute atomic E-state index is 0. The number of amides is 1. The fraction of sp³-hybridized carbons (Fsp3) is 0.583. The second-order valence-corrected chi connectivity index (χ2v) is 5.22. The van der Waals surface area contributed by atoms with E-state index in [0.29, 0.717) is 18.9 Å². The van der Waals surface area contributed by atoms with Crippen molar-refractivity contribution in [2.24, 2.45) is 11.7 Å². The molecule has 17 heavy (non-hydrogen) atoms. The van der Waals surface area contributed by atoms with Gasteiger partial charge in [0.05, 0.1) is 6.42 Å². The van der Waals surface area contributed by atoms with Gasteiger partial charge in [-0.15, -0.1) is 12.4 Å². The molecule has 0 aliphatic heterocycles.